The van der Waals surface area contributed by atoms with Crippen molar-refractivity contribution in [3.63, 3.8) is 0 Å². The summed E-state index contributed by atoms with van der Waals surface area (Å²) in [6.07, 6.45) is 2.17. The third-order valence-corrected chi connectivity index (χ3v) is 2.55. The standard InChI is InChI=1S/C9H11ClN2/c10-7-3-4-8-6(9(7)11)2-1-5-12-8/h3-4,12H,1-2,5,11H2. The molecule has 0 bridgehead atoms. The molecule has 3 N–H and O–H groups in total. The Labute approximate surface area is 76.7 Å². The molecule has 0 amide bonds. The minimum atomic E-state index is 0.664. The van der Waals surface area contributed by atoms with Crippen molar-refractivity contribution in [1.82, 2.24) is 0 Å². The average molecular weight is 183 g/mol. The molecule has 0 atom stereocenters. The van der Waals surface area contributed by atoms with E-state index in [9.17, 15) is 0 Å². The first kappa shape index (κ1) is 7.74. The SMILES string of the molecule is Nc1c(Cl)ccc2c1CCCN2. The second-order valence-electron chi connectivity index (χ2n) is 3.02. The Morgan fingerprint density at radius 1 is 1.42 bits per heavy atom. The van der Waals surface area contributed by atoms with Crippen molar-refractivity contribution < 1.29 is 0 Å². The highest BCUT2D eigenvalue weighted by Crippen LogP contribution is 2.32. The van der Waals surface area contributed by atoms with Crippen molar-refractivity contribution in [2.24, 2.45) is 0 Å². The highest BCUT2D eigenvalue weighted by atomic mass is 35.5. The van der Waals surface area contributed by atoms with E-state index in [1.165, 1.54) is 5.56 Å². The molecule has 12 heavy (non-hydrogen) atoms. The van der Waals surface area contributed by atoms with E-state index in [0.29, 0.717) is 5.02 Å². The molecular formula is C9H11ClN2. The van der Waals surface area contributed by atoms with Crippen LogP contribution in [0.1, 0.15) is 12.0 Å². The number of anilines is 2. The van der Waals surface area contributed by atoms with Gasteiger partial charge in [0, 0.05) is 12.2 Å². The quantitative estimate of drug-likeness (QED) is 0.605. The minimum absolute atomic E-state index is 0.664. The molecule has 0 unspecified atom stereocenters. The molecule has 2 rings (SSSR count). The van der Waals surface area contributed by atoms with Gasteiger partial charge in [-0.05, 0) is 30.5 Å². The Balaban J connectivity index is 2.54. The van der Waals surface area contributed by atoms with Crippen LogP contribution < -0.4 is 11.1 Å². The van der Waals surface area contributed by atoms with E-state index in [2.05, 4.69) is 5.32 Å². The Morgan fingerprint density at radius 3 is 3.08 bits per heavy atom. The smallest absolute Gasteiger partial charge is 0.0639 e. The van der Waals surface area contributed by atoms with Crippen molar-refractivity contribution in [2.75, 3.05) is 17.6 Å². The number of hydrogen-bond acceptors (Lipinski definition) is 2. The number of nitrogens with one attached hydrogen (secondary N) is 1. The van der Waals surface area contributed by atoms with Crippen molar-refractivity contribution in [3.05, 3.63) is 22.7 Å². The molecule has 3 heteroatoms. The maximum Gasteiger partial charge on any atom is 0.0639 e. The Kier molecular flexibility index (Phi) is 1.85. The molecule has 0 aromatic heterocycles. The maximum atomic E-state index is 5.89. The van der Waals surface area contributed by atoms with E-state index in [1.54, 1.807) is 0 Å². The summed E-state index contributed by atoms with van der Waals surface area (Å²) in [4.78, 5) is 0. The summed E-state index contributed by atoms with van der Waals surface area (Å²) in [5, 5.41) is 3.96. The average Bonchev–Trinajstić information content (AvgIpc) is 2.12. The second kappa shape index (κ2) is 2.87. The predicted octanol–water partition coefficient (Wildman–Crippen LogP) is 2.28. The third-order valence-electron chi connectivity index (χ3n) is 2.22. The Bertz CT molecular complexity index is 310. The van der Waals surface area contributed by atoms with Crippen LogP contribution in [0.25, 0.3) is 0 Å². The summed E-state index contributed by atoms with van der Waals surface area (Å²) in [6, 6.07) is 3.83. The molecule has 0 saturated heterocycles. The number of halogens is 1. The van der Waals surface area contributed by atoms with Gasteiger partial charge < -0.3 is 11.1 Å². The largest absolute Gasteiger partial charge is 0.397 e. The molecule has 1 aliphatic heterocycles. The molecule has 0 radical (unpaired) electrons. The fourth-order valence-corrected chi connectivity index (χ4v) is 1.74. The van der Waals surface area contributed by atoms with E-state index in [0.717, 1.165) is 30.8 Å². The van der Waals surface area contributed by atoms with Crippen LogP contribution in [-0.2, 0) is 6.42 Å². The summed E-state index contributed by atoms with van der Waals surface area (Å²) in [5.74, 6) is 0. The molecule has 0 fully saturated rings. The highest BCUT2D eigenvalue weighted by molar-refractivity contribution is 6.33. The predicted molar refractivity (Wildman–Crippen MR) is 52.7 cm³/mol. The van der Waals surface area contributed by atoms with Crippen LogP contribution >= 0.6 is 11.6 Å². The van der Waals surface area contributed by atoms with Crippen LogP contribution in [-0.4, -0.2) is 6.54 Å². The highest BCUT2D eigenvalue weighted by Gasteiger charge is 2.12. The third kappa shape index (κ3) is 1.12. The molecule has 0 saturated carbocycles. The van der Waals surface area contributed by atoms with E-state index < -0.39 is 0 Å². The lowest BCUT2D eigenvalue weighted by Crippen LogP contribution is -2.13. The lowest BCUT2D eigenvalue weighted by atomic mass is 10.0. The second-order valence-corrected chi connectivity index (χ2v) is 3.42. The number of rotatable bonds is 0. The van der Waals surface area contributed by atoms with Gasteiger partial charge in [0.25, 0.3) is 0 Å². The first-order valence-electron chi connectivity index (χ1n) is 4.10. The number of nitrogen functional groups attached to an aromatic ring is 1. The van der Waals surface area contributed by atoms with Gasteiger partial charge in [0.15, 0.2) is 0 Å². The van der Waals surface area contributed by atoms with Crippen LogP contribution in [0.5, 0.6) is 0 Å². The topological polar surface area (TPSA) is 38.0 Å². The summed E-state index contributed by atoms with van der Waals surface area (Å²) >= 11 is 5.89. The van der Waals surface area contributed by atoms with E-state index in [1.807, 2.05) is 12.1 Å². The van der Waals surface area contributed by atoms with Gasteiger partial charge in [-0.2, -0.15) is 0 Å². The van der Waals surface area contributed by atoms with E-state index in [4.69, 9.17) is 17.3 Å². The molecule has 2 nitrogen and oxygen atoms in total. The van der Waals surface area contributed by atoms with Crippen LogP contribution in [0, 0.1) is 0 Å². The fraction of sp³-hybridized carbons (Fsp3) is 0.333. The van der Waals surface area contributed by atoms with Crippen LogP contribution in [0.3, 0.4) is 0 Å². The van der Waals surface area contributed by atoms with Gasteiger partial charge in [0.2, 0.25) is 0 Å². The summed E-state index contributed by atoms with van der Waals surface area (Å²) in [6.45, 7) is 1.04. The summed E-state index contributed by atoms with van der Waals surface area (Å²) in [7, 11) is 0. The molecule has 1 aromatic rings. The van der Waals surface area contributed by atoms with Gasteiger partial charge in [0.05, 0.1) is 10.7 Å². The van der Waals surface area contributed by atoms with Gasteiger partial charge in [0.1, 0.15) is 0 Å². The zero-order valence-electron chi connectivity index (χ0n) is 6.73. The molecule has 0 aliphatic carbocycles. The number of nitrogens with two attached hydrogens (primary N) is 1. The number of hydrogen-bond donors (Lipinski definition) is 2. The maximum absolute atomic E-state index is 5.89. The first-order valence-corrected chi connectivity index (χ1v) is 4.47. The Morgan fingerprint density at radius 2 is 2.25 bits per heavy atom. The van der Waals surface area contributed by atoms with Gasteiger partial charge in [-0.1, -0.05) is 11.6 Å². The van der Waals surface area contributed by atoms with Crippen LogP contribution in [0.2, 0.25) is 5.02 Å². The fourth-order valence-electron chi connectivity index (χ4n) is 1.56. The number of fused-ring (bicyclic) bond motifs is 1. The van der Waals surface area contributed by atoms with Crippen molar-refractivity contribution in [3.8, 4) is 0 Å². The lowest BCUT2D eigenvalue weighted by Gasteiger charge is -2.19. The molecule has 1 heterocycles. The van der Waals surface area contributed by atoms with Crippen LogP contribution in [0.15, 0.2) is 12.1 Å². The van der Waals surface area contributed by atoms with E-state index >= 15 is 0 Å². The molecular weight excluding hydrogens is 172 g/mol. The lowest BCUT2D eigenvalue weighted by molar-refractivity contribution is 0.832. The van der Waals surface area contributed by atoms with E-state index in [-0.39, 0.29) is 0 Å². The van der Waals surface area contributed by atoms with Crippen molar-refractivity contribution in [1.29, 1.82) is 0 Å². The summed E-state index contributed by atoms with van der Waals surface area (Å²) in [5.41, 5.74) is 8.89. The molecule has 64 valence electrons. The zero-order chi connectivity index (χ0) is 8.55. The van der Waals surface area contributed by atoms with Crippen molar-refractivity contribution in [2.45, 2.75) is 12.8 Å². The molecule has 1 aromatic carbocycles. The zero-order valence-corrected chi connectivity index (χ0v) is 7.49. The minimum Gasteiger partial charge on any atom is -0.397 e. The monoisotopic (exact) mass is 182 g/mol. The van der Waals surface area contributed by atoms with Gasteiger partial charge in [-0.25, -0.2) is 0 Å². The normalized spacial score (nSPS) is 15.1. The van der Waals surface area contributed by atoms with Crippen LogP contribution in [0.4, 0.5) is 11.4 Å². The first-order chi connectivity index (χ1) is 5.79. The van der Waals surface area contributed by atoms with Gasteiger partial charge >= 0.3 is 0 Å². The van der Waals surface area contributed by atoms with Gasteiger partial charge in [-0.3, -0.25) is 0 Å². The van der Waals surface area contributed by atoms with Crippen molar-refractivity contribution >= 4 is 23.0 Å². The number of benzene rings is 1. The van der Waals surface area contributed by atoms with Gasteiger partial charge in [-0.15, -0.1) is 0 Å². The summed E-state index contributed by atoms with van der Waals surface area (Å²) < 4.78 is 0. The Hall–Kier alpha value is -0.890. The molecule has 1 aliphatic rings. The molecule has 0 spiro atoms.